The molecule has 2 heterocycles. The summed E-state index contributed by atoms with van der Waals surface area (Å²) in [5.41, 5.74) is -0.275. The van der Waals surface area contributed by atoms with Crippen LogP contribution in [0.15, 0.2) is 23.7 Å². The molecule has 2 aromatic rings. The number of hydrogen-bond acceptors (Lipinski definition) is 7. The highest BCUT2D eigenvalue weighted by atomic mass is 32.1. The highest BCUT2D eigenvalue weighted by Gasteiger charge is 2.24. The third kappa shape index (κ3) is 3.46. The fourth-order valence-corrected chi connectivity index (χ4v) is 2.67. The Morgan fingerprint density at radius 3 is 2.81 bits per heavy atom. The predicted molar refractivity (Wildman–Crippen MR) is 84.1 cm³/mol. The van der Waals surface area contributed by atoms with Gasteiger partial charge in [0.2, 0.25) is 11.8 Å². The van der Waals surface area contributed by atoms with Crippen LogP contribution in [0.1, 0.15) is 18.7 Å². The largest absolute Gasteiger partial charge is 0.363 e. The van der Waals surface area contributed by atoms with Crippen molar-refractivity contribution in [2.75, 3.05) is 24.2 Å². The molecule has 0 saturated heterocycles. The molecular formula is C13H17N5O2S. The number of nitrogens with one attached hydrogen (secondary N) is 2. The summed E-state index contributed by atoms with van der Waals surface area (Å²) in [5, 5.41) is 18.9. The summed E-state index contributed by atoms with van der Waals surface area (Å²) in [6.45, 7) is 4.70. The lowest BCUT2D eigenvalue weighted by atomic mass is 9.91. The average molecular weight is 307 g/mol. The van der Waals surface area contributed by atoms with E-state index in [2.05, 4.69) is 40.5 Å². The van der Waals surface area contributed by atoms with Crippen LogP contribution in [0.4, 0.5) is 17.5 Å². The van der Waals surface area contributed by atoms with Crippen LogP contribution < -0.4 is 10.6 Å². The first kappa shape index (κ1) is 15.2. The molecular weight excluding hydrogens is 290 g/mol. The summed E-state index contributed by atoms with van der Waals surface area (Å²) in [7, 11) is 1.67. The molecule has 2 aromatic heterocycles. The Morgan fingerprint density at radius 2 is 2.24 bits per heavy atom. The smallest absolute Gasteiger partial charge is 0.329 e. The lowest BCUT2D eigenvalue weighted by Gasteiger charge is -2.23. The number of rotatable bonds is 6. The van der Waals surface area contributed by atoms with Gasteiger partial charge in [0.05, 0.1) is 4.92 Å². The third-order valence-electron chi connectivity index (χ3n) is 3.08. The molecule has 7 nitrogen and oxygen atoms in total. The van der Waals surface area contributed by atoms with Crippen molar-refractivity contribution in [2.24, 2.45) is 0 Å². The molecule has 0 amide bonds. The molecule has 0 fully saturated rings. The second-order valence-corrected chi connectivity index (χ2v) is 6.10. The first-order chi connectivity index (χ1) is 9.94. The minimum absolute atomic E-state index is 0.129. The zero-order chi connectivity index (χ0) is 15.5. The summed E-state index contributed by atoms with van der Waals surface area (Å²) < 4.78 is 0. The van der Waals surface area contributed by atoms with E-state index in [0.29, 0.717) is 12.5 Å². The Hall–Kier alpha value is -2.22. The summed E-state index contributed by atoms with van der Waals surface area (Å²) in [6, 6.07) is 4.05. The van der Waals surface area contributed by atoms with Gasteiger partial charge in [-0.3, -0.25) is 10.1 Å². The molecule has 112 valence electrons. The molecule has 0 atom stereocenters. The van der Waals surface area contributed by atoms with Crippen LogP contribution in [-0.4, -0.2) is 28.5 Å². The van der Waals surface area contributed by atoms with Gasteiger partial charge in [0.1, 0.15) is 6.20 Å². The first-order valence-corrected chi connectivity index (χ1v) is 7.29. The van der Waals surface area contributed by atoms with Crippen molar-refractivity contribution in [1.82, 2.24) is 9.97 Å². The Labute approximate surface area is 126 Å². The van der Waals surface area contributed by atoms with Crippen molar-refractivity contribution >= 4 is 28.8 Å². The molecule has 0 bridgehead atoms. The fourth-order valence-electron chi connectivity index (χ4n) is 1.82. The number of aromatic nitrogens is 2. The summed E-state index contributed by atoms with van der Waals surface area (Å²) in [6.07, 6.45) is 1.21. The minimum atomic E-state index is -0.486. The Bertz CT molecular complexity index is 627. The van der Waals surface area contributed by atoms with E-state index in [1.54, 1.807) is 18.4 Å². The van der Waals surface area contributed by atoms with Gasteiger partial charge in [-0.2, -0.15) is 4.98 Å². The van der Waals surface area contributed by atoms with Crippen molar-refractivity contribution in [3.05, 3.63) is 38.7 Å². The number of thiophene rings is 1. The van der Waals surface area contributed by atoms with Crippen LogP contribution in [0.2, 0.25) is 0 Å². The molecule has 8 heteroatoms. The van der Waals surface area contributed by atoms with Crippen LogP contribution in [0, 0.1) is 10.1 Å². The Kier molecular flexibility index (Phi) is 4.37. The van der Waals surface area contributed by atoms with Gasteiger partial charge >= 0.3 is 5.69 Å². The number of nitro groups is 1. The summed E-state index contributed by atoms with van der Waals surface area (Å²) in [5.74, 6) is 0.570. The van der Waals surface area contributed by atoms with E-state index < -0.39 is 4.92 Å². The van der Waals surface area contributed by atoms with E-state index in [1.807, 2.05) is 11.4 Å². The average Bonchev–Trinajstić information content (AvgIpc) is 2.99. The topological polar surface area (TPSA) is 93.0 Å². The lowest BCUT2D eigenvalue weighted by Crippen LogP contribution is -2.27. The molecule has 21 heavy (non-hydrogen) atoms. The normalized spacial score (nSPS) is 11.2. The van der Waals surface area contributed by atoms with E-state index in [-0.39, 0.29) is 16.9 Å². The maximum Gasteiger partial charge on any atom is 0.329 e. The van der Waals surface area contributed by atoms with E-state index >= 15 is 0 Å². The molecule has 0 spiro atoms. The highest BCUT2D eigenvalue weighted by Crippen LogP contribution is 2.29. The predicted octanol–water partition coefficient (Wildman–Crippen LogP) is 2.88. The first-order valence-electron chi connectivity index (χ1n) is 6.41. The van der Waals surface area contributed by atoms with E-state index in [1.165, 1.54) is 11.1 Å². The standard InChI is InChI=1S/C13H17N5O2S/c1-13(2,10-5-4-6-21-10)8-16-11-9(18(19)20)7-15-12(14-3)17-11/h4-7H,8H2,1-3H3,(H2,14,15,16,17). The molecule has 0 unspecified atom stereocenters. The molecule has 0 saturated carbocycles. The maximum atomic E-state index is 11.0. The summed E-state index contributed by atoms with van der Waals surface area (Å²) >= 11 is 1.66. The highest BCUT2D eigenvalue weighted by molar-refractivity contribution is 7.10. The van der Waals surface area contributed by atoms with Crippen molar-refractivity contribution in [3.63, 3.8) is 0 Å². The molecule has 0 aliphatic rings. The second kappa shape index (κ2) is 6.04. The van der Waals surface area contributed by atoms with Crippen LogP contribution in [0.3, 0.4) is 0 Å². The van der Waals surface area contributed by atoms with Gasteiger partial charge < -0.3 is 10.6 Å². The van der Waals surface area contributed by atoms with Crippen LogP contribution in [0.25, 0.3) is 0 Å². The SMILES string of the molecule is CNc1ncc([N+](=O)[O-])c(NCC(C)(C)c2cccs2)n1. The second-order valence-electron chi connectivity index (χ2n) is 5.15. The van der Waals surface area contributed by atoms with Crippen molar-refractivity contribution in [2.45, 2.75) is 19.3 Å². The van der Waals surface area contributed by atoms with Crippen LogP contribution in [-0.2, 0) is 5.41 Å². The quantitative estimate of drug-likeness (QED) is 0.629. The number of hydrogen-bond donors (Lipinski definition) is 2. The van der Waals surface area contributed by atoms with Gasteiger partial charge in [0.15, 0.2) is 0 Å². The zero-order valence-corrected chi connectivity index (χ0v) is 12.9. The van der Waals surface area contributed by atoms with Gasteiger partial charge in [0, 0.05) is 23.9 Å². The van der Waals surface area contributed by atoms with E-state index in [4.69, 9.17) is 0 Å². The number of nitrogens with zero attached hydrogens (tertiary/aromatic N) is 3. The lowest BCUT2D eigenvalue weighted by molar-refractivity contribution is -0.384. The molecule has 0 aromatic carbocycles. The molecule has 0 aliphatic carbocycles. The van der Waals surface area contributed by atoms with Gasteiger partial charge in [-0.25, -0.2) is 4.98 Å². The van der Waals surface area contributed by atoms with Crippen LogP contribution >= 0.6 is 11.3 Å². The van der Waals surface area contributed by atoms with Gasteiger partial charge in [0.25, 0.3) is 0 Å². The molecule has 0 radical (unpaired) electrons. The van der Waals surface area contributed by atoms with Crippen molar-refractivity contribution in [3.8, 4) is 0 Å². The third-order valence-corrected chi connectivity index (χ3v) is 4.31. The van der Waals surface area contributed by atoms with E-state index in [9.17, 15) is 10.1 Å². The van der Waals surface area contributed by atoms with E-state index in [0.717, 1.165) is 0 Å². The van der Waals surface area contributed by atoms with Gasteiger partial charge in [-0.15, -0.1) is 11.3 Å². The molecule has 2 rings (SSSR count). The maximum absolute atomic E-state index is 11.0. The van der Waals surface area contributed by atoms with Crippen molar-refractivity contribution < 1.29 is 4.92 Å². The van der Waals surface area contributed by atoms with Crippen molar-refractivity contribution in [1.29, 1.82) is 0 Å². The Balaban J connectivity index is 2.21. The fraction of sp³-hybridized carbons (Fsp3) is 0.385. The van der Waals surface area contributed by atoms with Gasteiger partial charge in [-0.1, -0.05) is 19.9 Å². The van der Waals surface area contributed by atoms with Gasteiger partial charge in [-0.05, 0) is 11.4 Å². The summed E-state index contributed by atoms with van der Waals surface area (Å²) in [4.78, 5) is 19.8. The monoisotopic (exact) mass is 307 g/mol. The Morgan fingerprint density at radius 1 is 1.48 bits per heavy atom. The van der Waals surface area contributed by atoms with Crippen LogP contribution in [0.5, 0.6) is 0 Å². The zero-order valence-electron chi connectivity index (χ0n) is 12.1. The number of anilines is 2. The molecule has 2 N–H and O–H groups in total. The molecule has 0 aliphatic heterocycles. The minimum Gasteiger partial charge on any atom is -0.363 e.